The van der Waals surface area contributed by atoms with Gasteiger partial charge in [0.05, 0.1) is 6.10 Å². The molecule has 1 fully saturated rings. The summed E-state index contributed by atoms with van der Waals surface area (Å²) in [7, 11) is 0. The Morgan fingerprint density at radius 3 is 2.84 bits per heavy atom. The van der Waals surface area contributed by atoms with E-state index >= 15 is 0 Å². The Kier molecular flexibility index (Phi) is 4.92. The monoisotopic (exact) mass is 268 g/mol. The van der Waals surface area contributed by atoms with Gasteiger partial charge in [-0.15, -0.1) is 0 Å². The summed E-state index contributed by atoms with van der Waals surface area (Å²) in [6.07, 6.45) is 5.15. The number of hydrogen-bond acceptors (Lipinski definition) is 1. The first-order valence-corrected chi connectivity index (χ1v) is 7.22. The summed E-state index contributed by atoms with van der Waals surface area (Å²) in [5.41, 5.74) is 0.283. The molecule has 1 N–H and O–H groups in total. The molecule has 2 rings (SSSR count). The van der Waals surface area contributed by atoms with E-state index < -0.39 is 17.7 Å². The Bertz CT molecular complexity index is 419. The Balaban J connectivity index is 2.00. The quantitative estimate of drug-likeness (QED) is 0.872. The van der Waals surface area contributed by atoms with Gasteiger partial charge in [0.1, 0.15) is 0 Å². The fourth-order valence-electron chi connectivity index (χ4n) is 3.15. The molecule has 0 spiro atoms. The van der Waals surface area contributed by atoms with Crippen LogP contribution in [-0.4, -0.2) is 11.2 Å². The summed E-state index contributed by atoms with van der Waals surface area (Å²) in [4.78, 5) is 0. The lowest BCUT2D eigenvalue weighted by molar-refractivity contribution is 0.0677. The minimum Gasteiger partial charge on any atom is -0.392 e. The van der Waals surface area contributed by atoms with Gasteiger partial charge < -0.3 is 5.11 Å². The first kappa shape index (κ1) is 14.4. The van der Waals surface area contributed by atoms with Crippen molar-refractivity contribution in [3.8, 4) is 0 Å². The van der Waals surface area contributed by atoms with Crippen molar-refractivity contribution in [2.24, 2.45) is 11.8 Å². The van der Waals surface area contributed by atoms with Crippen molar-refractivity contribution in [2.45, 2.75) is 51.6 Å². The van der Waals surface area contributed by atoms with Crippen molar-refractivity contribution in [1.82, 2.24) is 0 Å². The van der Waals surface area contributed by atoms with E-state index in [1.807, 2.05) is 0 Å². The molecule has 3 atom stereocenters. The molecule has 0 aromatic heterocycles. The summed E-state index contributed by atoms with van der Waals surface area (Å²) < 4.78 is 26.7. The van der Waals surface area contributed by atoms with Gasteiger partial charge in [-0.1, -0.05) is 38.3 Å². The molecule has 1 aromatic rings. The number of rotatable bonds is 4. The molecule has 1 aromatic carbocycles. The van der Waals surface area contributed by atoms with Crippen LogP contribution in [0.5, 0.6) is 0 Å². The van der Waals surface area contributed by atoms with Crippen molar-refractivity contribution in [3.05, 3.63) is 35.4 Å². The van der Waals surface area contributed by atoms with Crippen molar-refractivity contribution < 1.29 is 13.9 Å². The van der Waals surface area contributed by atoms with Crippen LogP contribution in [0.4, 0.5) is 8.78 Å². The zero-order valence-corrected chi connectivity index (χ0v) is 11.4. The van der Waals surface area contributed by atoms with E-state index in [0.717, 1.165) is 31.7 Å². The van der Waals surface area contributed by atoms with Crippen LogP contribution in [-0.2, 0) is 6.42 Å². The first-order chi connectivity index (χ1) is 9.11. The molecule has 106 valence electrons. The van der Waals surface area contributed by atoms with Crippen LogP contribution in [0.15, 0.2) is 18.2 Å². The van der Waals surface area contributed by atoms with Gasteiger partial charge in [0.2, 0.25) is 0 Å². The molecule has 0 heterocycles. The third kappa shape index (κ3) is 3.53. The standard InChI is InChI=1S/C16H22F2O/c1-2-11-5-3-6-12(9-11)15(19)10-13-7-4-8-14(17)16(13)18/h4,7-8,11-12,15,19H,2-3,5-6,9-10H2,1H3. The second-order valence-electron chi connectivity index (χ2n) is 5.69. The van der Waals surface area contributed by atoms with E-state index in [1.54, 1.807) is 6.07 Å². The summed E-state index contributed by atoms with van der Waals surface area (Å²) >= 11 is 0. The second-order valence-corrected chi connectivity index (χ2v) is 5.69. The van der Waals surface area contributed by atoms with Crippen molar-refractivity contribution in [1.29, 1.82) is 0 Å². The highest BCUT2D eigenvalue weighted by atomic mass is 19.2. The summed E-state index contributed by atoms with van der Waals surface area (Å²) in [6, 6.07) is 4.16. The highest BCUT2D eigenvalue weighted by molar-refractivity contribution is 5.19. The molecule has 3 heteroatoms. The van der Waals surface area contributed by atoms with Gasteiger partial charge in [-0.3, -0.25) is 0 Å². The fraction of sp³-hybridized carbons (Fsp3) is 0.625. The molecule has 0 amide bonds. The van der Waals surface area contributed by atoms with Crippen LogP contribution >= 0.6 is 0 Å². The van der Waals surface area contributed by atoms with Gasteiger partial charge in [0, 0.05) is 6.42 Å². The van der Waals surface area contributed by atoms with Gasteiger partial charge in [-0.05, 0) is 36.3 Å². The summed E-state index contributed by atoms with van der Waals surface area (Å²) in [6.45, 7) is 2.17. The van der Waals surface area contributed by atoms with E-state index in [2.05, 4.69) is 6.92 Å². The Morgan fingerprint density at radius 2 is 2.11 bits per heavy atom. The van der Waals surface area contributed by atoms with Gasteiger partial charge in [0.15, 0.2) is 11.6 Å². The molecule has 1 saturated carbocycles. The number of halogens is 2. The highest BCUT2D eigenvalue weighted by Gasteiger charge is 2.27. The number of benzene rings is 1. The lowest BCUT2D eigenvalue weighted by Gasteiger charge is -2.31. The van der Waals surface area contributed by atoms with E-state index in [-0.39, 0.29) is 17.9 Å². The van der Waals surface area contributed by atoms with Gasteiger partial charge >= 0.3 is 0 Å². The van der Waals surface area contributed by atoms with E-state index in [1.165, 1.54) is 12.5 Å². The van der Waals surface area contributed by atoms with Gasteiger partial charge in [-0.2, -0.15) is 0 Å². The zero-order chi connectivity index (χ0) is 13.8. The molecule has 1 aliphatic rings. The molecule has 1 nitrogen and oxygen atoms in total. The summed E-state index contributed by atoms with van der Waals surface area (Å²) in [5, 5.41) is 10.3. The minimum absolute atomic E-state index is 0.213. The molecular weight excluding hydrogens is 246 g/mol. The molecule has 0 radical (unpaired) electrons. The average Bonchev–Trinajstić information content (AvgIpc) is 2.44. The summed E-state index contributed by atoms with van der Waals surface area (Å²) in [5.74, 6) is -0.753. The predicted octanol–water partition coefficient (Wildman–Crippen LogP) is 4.08. The largest absolute Gasteiger partial charge is 0.392 e. The lowest BCUT2D eigenvalue weighted by Crippen LogP contribution is -2.28. The van der Waals surface area contributed by atoms with Crippen LogP contribution < -0.4 is 0 Å². The molecular formula is C16H22F2O. The third-order valence-electron chi connectivity index (χ3n) is 4.41. The number of aliphatic hydroxyl groups is 1. The molecule has 1 aliphatic carbocycles. The topological polar surface area (TPSA) is 20.2 Å². The highest BCUT2D eigenvalue weighted by Crippen LogP contribution is 2.34. The average molecular weight is 268 g/mol. The normalized spacial score (nSPS) is 25.3. The maximum Gasteiger partial charge on any atom is 0.162 e. The molecule has 0 saturated heterocycles. The molecule has 0 aliphatic heterocycles. The Morgan fingerprint density at radius 1 is 1.32 bits per heavy atom. The minimum atomic E-state index is -0.834. The predicted molar refractivity (Wildman–Crippen MR) is 71.8 cm³/mol. The zero-order valence-electron chi connectivity index (χ0n) is 11.4. The molecule has 0 bridgehead atoms. The van der Waals surface area contributed by atoms with Crippen LogP contribution in [0.25, 0.3) is 0 Å². The number of hydrogen-bond donors (Lipinski definition) is 1. The van der Waals surface area contributed by atoms with Gasteiger partial charge in [-0.25, -0.2) is 8.78 Å². The van der Waals surface area contributed by atoms with Crippen LogP contribution in [0.2, 0.25) is 0 Å². The van der Waals surface area contributed by atoms with Crippen molar-refractivity contribution in [2.75, 3.05) is 0 Å². The fourth-order valence-corrected chi connectivity index (χ4v) is 3.15. The third-order valence-corrected chi connectivity index (χ3v) is 4.41. The van der Waals surface area contributed by atoms with E-state index in [4.69, 9.17) is 0 Å². The molecule has 3 unspecified atom stereocenters. The van der Waals surface area contributed by atoms with Gasteiger partial charge in [0.25, 0.3) is 0 Å². The first-order valence-electron chi connectivity index (χ1n) is 7.22. The van der Waals surface area contributed by atoms with E-state index in [9.17, 15) is 13.9 Å². The number of aliphatic hydroxyl groups excluding tert-OH is 1. The molecule has 19 heavy (non-hydrogen) atoms. The van der Waals surface area contributed by atoms with Crippen LogP contribution in [0.1, 0.15) is 44.6 Å². The van der Waals surface area contributed by atoms with Crippen LogP contribution in [0, 0.1) is 23.5 Å². The maximum atomic E-state index is 13.6. The van der Waals surface area contributed by atoms with E-state index in [0.29, 0.717) is 5.92 Å². The van der Waals surface area contributed by atoms with Crippen LogP contribution in [0.3, 0.4) is 0 Å². The second kappa shape index (κ2) is 6.47. The van der Waals surface area contributed by atoms with Crippen molar-refractivity contribution in [3.63, 3.8) is 0 Å². The smallest absolute Gasteiger partial charge is 0.162 e. The van der Waals surface area contributed by atoms with Crippen molar-refractivity contribution >= 4 is 0 Å². The lowest BCUT2D eigenvalue weighted by atomic mass is 9.76. The Labute approximate surface area is 113 Å². The maximum absolute atomic E-state index is 13.6. The SMILES string of the molecule is CCC1CCCC(C(O)Cc2cccc(F)c2F)C1. The Hall–Kier alpha value is -0.960.